The van der Waals surface area contributed by atoms with Gasteiger partial charge in [-0.1, -0.05) is 23.4 Å². The maximum Gasteiger partial charge on any atom is 0.143 e. The number of carbonyl (C=O) groups is 1. The van der Waals surface area contributed by atoms with Gasteiger partial charge in [0.15, 0.2) is 0 Å². The van der Waals surface area contributed by atoms with Gasteiger partial charge in [-0.3, -0.25) is 4.79 Å². The first-order chi connectivity index (χ1) is 3.85. The molecule has 0 saturated carbocycles. The molecule has 0 atom stereocenters. The Labute approximate surface area is 57.7 Å². The van der Waals surface area contributed by atoms with Gasteiger partial charge in [0.25, 0.3) is 0 Å². The zero-order valence-electron chi connectivity index (χ0n) is 4.20. The third-order valence-electron chi connectivity index (χ3n) is 0.539. The summed E-state index contributed by atoms with van der Waals surface area (Å²) in [5.74, 6) is 0. The van der Waals surface area contributed by atoms with Crippen molar-refractivity contribution in [2.75, 3.05) is 0 Å². The van der Waals surface area contributed by atoms with E-state index >= 15 is 0 Å². The minimum Gasteiger partial charge on any atom is -0.299 e. The van der Waals surface area contributed by atoms with Crippen molar-refractivity contribution in [1.29, 1.82) is 0 Å². The topological polar surface area (TPSA) is 17.1 Å². The van der Waals surface area contributed by atoms with Crippen molar-refractivity contribution in [2.24, 2.45) is 0 Å². The highest BCUT2D eigenvalue weighted by molar-refractivity contribution is 8.70. The van der Waals surface area contributed by atoms with Crippen LogP contribution in [-0.2, 0) is 4.79 Å². The third-order valence-corrected chi connectivity index (χ3v) is 1.68. The van der Waals surface area contributed by atoms with Crippen LogP contribution >= 0.6 is 22.5 Å². The van der Waals surface area contributed by atoms with Gasteiger partial charge in [0.1, 0.15) is 6.29 Å². The van der Waals surface area contributed by atoms with Gasteiger partial charge in [-0.2, -0.15) is 0 Å². The summed E-state index contributed by atoms with van der Waals surface area (Å²) in [6, 6.07) is 0. The quantitative estimate of drug-likeness (QED) is 0.215. The Bertz CT molecular complexity index is 118. The average molecular weight is 146 g/mol. The molecule has 0 aromatic heterocycles. The maximum absolute atomic E-state index is 9.76. The highest BCUT2D eigenvalue weighted by atomic mass is 33.1. The summed E-state index contributed by atoms with van der Waals surface area (Å²) in [5.41, 5.74) is 0. The minimum atomic E-state index is 0.709. The molecule has 1 nitrogen and oxygen atoms in total. The molecule has 0 spiro atoms. The number of rotatable bonds is 3. The van der Waals surface area contributed by atoms with Crippen molar-refractivity contribution in [3.63, 3.8) is 0 Å². The van der Waals surface area contributed by atoms with Gasteiger partial charge in [-0.15, -0.1) is 11.7 Å². The fraction of sp³-hybridized carbons (Fsp3) is 0. The van der Waals surface area contributed by atoms with E-state index in [1.165, 1.54) is 16.9 Å². The predicted molar refractivity (Wildman–Crippen MR) is 40.9 cm³/mol. The summed E-state index contributed by atoms with van der Waals surface area (Å²) in [6.07, 6.45) is 3.69. The van der Waals surface area contributed by atoms with E-state index in [-0.39, 0.29) is 0 Å². The lowest BCUT2D eigenvalue weighted by Gasteiger charge is -1.85. The lowest BCUT2D eigenvalue weighted by atomic mass is 10.5. The number of allylic oxidation sites excluding steroid dienone is 2. The van der Waals surface area contributed by atoms with Crippen LogP contribution in [-0.4, -0.2) is 6.29 Å². The summed E-state index contributed by atoms with van der Waals surface area (Å²) < 4.78 is 0. The van der Waals surface area contributed by atoms with Crippen LogP contribution in [0.15, 0.2) is 23.6 Å². The van der Waals surface area contributed by atoms with Gasteiger partial charge in [0.05, 0.1) is 0 Å². The molecule has 0 aromatic rings. The van der Waals surface area contributed by atoms with E-state index in [0.29, 0.717) is 6.29 Å². The highest BCUT2D eigenvalue weighted by Crippen LogP contribution is 2.18. The third kappa shape index (κ3) is 2.93. The molecule has 0 N–H and O–H groups in total. The Morgan fingerprint density at radius 1 is 1.75 bits per heavy atom. The Balaban J connectivity index is 3.84. The molecule has 0 radical (unpaired) electrons. The first kappa shape index (κ1) is 7.85. The van der Waals surface area contributed by atoms with Crippen LogP contribution in [0.2, 0.25) is 0 Å². The van der Waals surface area contributed by atoms with Crippen LogP contribution in [0.4, 0.5) is 0 Å². The number of carbonyl (C=O) groups excluding carboxylic acids is 1. The molecular formula is C5H6OS2. The summed E-state index contributed by atoms with van der Waals surface area (Å²) in [7, 11) is 1.20. The van der Waals surface area contributed by atoms with Crippen molar-refractivity contribution < 1.29 is 4.79 Å². The minimum absolute atomic E-state index is 0.709. The number of aldehydes is 1. The number of thiol groups is 1. The molecule has 0 rings (SSSR count). The lowest BCUT2D eigenvalue weighted by molar-refractivity contribution is -0.104. The molecule has 0 amide bonds. The molecule has 0 heterocycles. The molecule has 44 valence electrons. The largest absolute Gasteiger partial charge is 0.299 e. The smallest absolute Gasteiger partial charge is 0.143 e. The van der Waals surface area contributed by atoms with E-state index in [0.717, 1.165) is 4.91 Å². The molecule has 0 bridgehead atoms. The van der Waals surface area contributed by atoms with E-state index in [2.05, 4.69) is 18.2 Å². The molecule has 8 heavy (non-hydrogen) atoms. The fourth-order valence-corrected chi connectivity index (χ4v) is 0.800. The summed E-state index contributed by atoms with van der Waals surface area (Å²) in [5, 5.41) is 0. The molecule has 0 aliphatic carbocycles. The monoisotopic (exact) mass is 146 g/mol. The van der Waals surface area contributed by atoms with Crippen LogP contribution < -0.4 is 0 Å². The first-order valence-corrected chi connectivity index (χ1v) is 3.81. The highest BCUT2D eigenvalue weighted by Gasteiger charge is 1.82. The summed E-state index contributed by atoms with van der Waals surface area (Å²) in [6.45, 7) is 3.45. The number of hydrogen-bond donors (Lipinski definition) is 1. The van der Waals surface area contributed by atoms with E-state index in [9.17, 15) is 4.79 Å². The molecule has 0 fully saturated rings. The Morgan fingerprint density at radius 3 is 2.50 bits per heavy atom. The molecule has 0 aliphatic heterocycles. The second-order valence-electron chi connectivity index (χ2n) is 1.00. The summed E-state index contributed by atoms with van der Waals surface area (Å²) in [4.78, 5) is 10.5. The molecule has 0 aromatic carbocycles. The average Bonchev–Trinajstić information content (AvgIpc) is 1.83. The second-order valence-corrected chi connectivity index (χ2v) is 2.20. The fourth-order valence-electron chi connectivity index (χ4n) is 0.203. The molecule has 0 aliphatic rings. The van der Waals surface area contributed by atoms with Crippen molar-refractivity contribution in [3.8, 4) is 0 Å². The van der Waals surface area contributed by atoms with Crippen LogP contribution in [0.5, 0.6) is 0 Å². The van der Waals surface area contributed by atoms with Gasteiger partial charge >= 0.3 is 0 Å². The van der Waals surface area contributed by atoms with E-state index in [1.807, 2.05) is 0 Å². The van der Waals surface area contributed by atoms with Gasteiger partial charge in [-0.05, 0) is 6.08 Å². The van der Waals surface area contributed by atoms with Gasteiger partial charge in [0.2, 0.25) is 0 Å². The Hall–Kier alpha value is -0.150. The Morgan fingerprint density at radius 2 is 2.38 bits per heavy atom. The SMILES string of the molecule is C=C/C(=C/C=O)SS. The van der Waals surface area contributed by atoms with Crippen LogP contribution in [0.25, 0.3) is 0 Å². The van der Waals surface area contributed by atoms with Crippen molar-refractivity contribution >= 4 is 28.7 Å². The standard InChI is InChI=1S/C5H6OS2/c1-2-5(8-7)3-4-6/h2-4,7H,1H2/b5-3-. The lowest BCUT2D eigenvalue weighted by Crippen LogP contribution is -1.64. The zero-order valence-corrected chi connectivity index (χ0v) is 5.91. The van der Waals surface area contributed by atoms with Crippen LogP contribution in [0.1, 0.15) is 0 Å². The van der Waals surface area contributed by atoms with E-state index in [1.54, 1.807) is 6.08 Å². The zero-order chi connectivity index (χ0) is 6.41. The van der Waals surface area contributed by atoms with E-state index in [4.69, 9.17) is 0 Å². The van der Waals surface area contributed by atoms with E-state index < -0.39 is 0 Å². The molecule has 3 heteroatoms. The van der Waals surface area contributed by atoms with Crippen LogP contribution in [0, 0.1) is 0 Å². The van der Waals surface area contributed by atoms with Crippen molar-refractivity contribution in [3.05, 3.63) is 23.6 Å². The van der Waals surface area contributed by atoms with Gasteiger partial charge < -0.3 is 0 Å². The molecule has 0 unspecified atom stereocenters. The van der Waals surface area contributed by atoms with Crippen molar-refractivity contribution in [1.82, 2.24) is 0 Å². The predicted octanol–water partition coefficient (Wildman–Crippen LogP) is 1.83. The molecular weight excluding hydrogens is 140 g/mol. The molecule has 0 saturated heterocycles. The number of hydrogen-bond acceptors (Lipinski definition) is 3. The second kappa shape index (κ2) is 5.00. The van der Waals surface area contributed by atoms with Gasteiger partial charge in [-0.25, -0.2) is 0 Å². The normalized spacial score (nSPS) is 10.9. The maximum atomic E-state index is 9.76. The van der Waals surface area contributed by atoms with Crippen LogP contribution in [0.3, 0.4) is 0 Å². The summed E-state index contributed by atoms with van der Waals surface area (Å²) >= 11 is 3.85. The van der Waals surface area contributed by atoms with Crippen molar-refractivity contribution in [2.45, 2.75) is 0 Å². The Kier molecular flexibility index (Phi) is 4.90. The first-order valence-electron chi connectivity index (χ1n) is 1.94. The van der Waals surface area contributed by atoms with Gasteiger partial charge in [0, 0.05) is 4.91 Å².